The average molecular weight is 582 g/mol. The molecule has 0 aliphatic rings. The topological polar surface area (TPSA) is 92.7 Å². The predicted molar refractivity (Wildman–Crippen MR) is 122 cm³/mol. The number of halogens is 1. The van der Waals surface area contributed by atoms with E-state index in [1.165, 1.54) is 43.9 Å². The number of carbonyl (C=O) groups is 1. The molecular weight excluding hydrogens is 555 g/mol. The molecule has 0 saturated heterocycles. The second-order valence-corrected chi connectivity index (χ2v) is 11.6. The second kappa shape index (κ2) is 12.7. The molecule has 6 nitrogen and oxygen atoms in total. The van der Waals surface area contributed by atoms with E-state index in [1.54, 1.807) is 0 Å². The SMILES string of the molecule is COc1cc(C=O)ccc1OS(=O)(=O)[O-].Cc1ccc([I+]c2ccc(CC(C)C)cc2)cc1. The molecule has 0 amide bonds. The fourth-order valence-corrected chi connectivity index (χ4v) is 5.33. The third-order valence-electron chi connectivity index (χ3n) is 4.30. The summed E-state index contributed by atoms with van der Waals surface area (Å²) >= 11 is -0.0179. The van der Waals surface area contributed by atoms with Gasteiger partial charge in [0.1, 0.15) is 6.29 Å². The molecule has 0 aliphatic heterocycles. The molecule has 0 aromatic heterocycles. The average Bonchev–Trinajstić information content (AvgIpc) is 2.76. The van der Waals surface area contributed by atoms with Crippen LogP contribution in [0.1, 0.15) is 35.3 Å². The molecule has 33 heavy (non-hydrogen) atoms. The van der Waals surface area contributed by atoms with Crippen molar-refractivity contribution in [2.75, 3.05) is 7.11 Å². The van der Waals surface area contributed by atoms with Crippen molar-refractivity contribution in [1.29, 1.82) is 0 Å². The van der Waals surface area contributed by atoms with Crippen LogP contribution in [0.25, 0.3) is 0 Å². The Kier molecular flexibility index (Phi) is 10.3. The number of rotatable bonds is 8. The van der Waals surface area contributed by atoms with Gasteiger partial charge in [0, 0.05) is 5.56 Å². The summed E-state index contributed by atoms with van der Waals surface area (Å²) in [6, 6.07) is 21.9. The maximum absolute atomic E-state index is 10.4. The Hall–Kier alpha value is -2.43. The number of carbonyl (C=O) groups excluding carboxylic acids is 1. The van der Waals surface area contributed by atoms with Crippen LogP contribution in [0.3, 0.4) is 0 Å². The minimum atomic E-state index is -4.85. The van der Waals surface area contributed by atoms with Crippen LogP contribution in [0.15, 0.2) is 66.7 Å². The third kappa shape index (κ3) is 9.93. The zero-order chi connectivity index (χ0) is 24.4. The molecule has 3 rings (SSSR count). The normalized spacial score (nSPS) is 10.8. The molecule has 3 aromatic carbocycles. The second-order valence-electron chi connectivity index (χ2n) is 7.63. The third-order valence-corrected chi connectivity index (χ3v) is 7.37. The van der Waals surface area contributed by atoms with Crippen molar-refractivity contribution in [3.05, 3.63) is 90.6 Å². The Morgan fingerprint density at radius 2 is 1.52 bits per heavy atom. The Balaban J connectivity index is 0.000000238. The highest BCUT2D eigenvalue weighted by atomic mass is 127. The van der Waals surface area contributed by atoms with E-state index in [0.717, 1.165) is 12.0 Å². The molecule has 0 saturated carbocycles. The highest BCUT2D eigenvalue weighted by molar-refractivity contribution is 7.81. The van der Waals surface area contributed by atoms with E-state index in [0.29, 0.717) is 6.29 Å². The molecule has 0 atom stereocenters. The zero-order valence-corrected chi connectivity index (χ0v) is 21.9. The molecular formula is C25H27IO6S. The van der Waals surface area contributed by atoms with Crippen LogP contribution in [0.4, 0.5) is 0 Å². The van der Waals surface area contributed by atoms with E-state index in [-0.39, 0.29) is 38.3 Å². The summed E-state index contributed by atoms with van der Waals surface area (Å²) in [5.74, 6) is 0.486. The first-order valence-corrected chi connectivity index (χ1v) is 13.7. The van der Waals surface area contributed by atoms with Gasteiger partial charge in [-0.15, -0.1) is 0 Å². The van der Waals surface area contributed by atoms with Crippen LogP contribution < -0.4 is 30.1 Å². The Labute approximate surface area is 206 Å². The van der Waals surface area contributed by atoms with Gasteiger partial charge < -0.3 is 13.5 Å². The molecule has 0 heterocycles. The fraction of sp³-hybridized carbons (Fsp3) is 0.240. The molecule has 8 heteroatoms. The first-order valence-electron chi connectivity index (χ1n) is 10.2. The van der Waals surface area contributed by atoms with Gasteiger partial charge in [0.2, 0.25) is 0 Å². The zero-order valence-electron chi connectivity index (χ0n) is 18.9. The smallest absolute Gasteiger partial charge is 0.357 e. The van der Waals surface area contributed by atoms with E-state index in [2.05, 4.69) is 73.5 Å². The van der Waals surface area contributed by atoms with Crippen molar-refractivity contribution in [3.8, 4) is 11.5 Å². The van der Waals surface area contributed by atoms with E-state index < -0.39 is 10.4 Å². The lowest BCUT2D eigenvalue weighted by molar-refractivity contribution is -0.597. The van der Waals surface area contributed by atoms with Gasteiger partial charge in [0.25, 0.3) is 10.4 Å². The highest BCUT2D eigenvalue weighted by Gasteiger charge is 2.14. The Morgan fingerprint density at radius 3 is 2.00 bits per heavy atom. The van der Waals surface area contributed by atoms with Gasteiger partial charge >= 0.3 is 21.2 Å². The van der Waals surface area contributed by atoms with E-state index in [1.807, 2.05) is 0 Å². The summed E-state index contributed by atoms with van der Waals surface area (Å²) in [5.41, 5.74) is 3.08. The molecule has 0 N–H and O–H groups in total. The summed E-state index contributed by atoms with van der Waals surface area (Å²) in [7, 11) is -3.59. The lowest BCUT2D eigenvalue weighted by Gasteiger charge is -2.12. The van der Waals surface area contributed by atoms with Crippen LogP contribution in [0.5, 0.6) is 11.5 Å². The van der Waals surface area contributed by atoms with Gasteiger partial charge in [-0.05, 0) is 67.3 Å². The van der Waals surface area contributed by atoms with E-state index in [9.17, 15) is 17.8 Å². The number of methoxy groups -OCH3 is 1. The van der Waals surface area contributed by atoms with Gasteiger partial charge in [-0.1, -0.05) is 43.7 Å². The Morgan fingerprint density at radius 1 is 0.939 bits per heavy atom. The van der Waals surface area contributed by atoms with Crippen LogP contribution in [0.2, 0.25) is 0 Å². The van der Waals surface area contributed by atoms with Gasteiger partial charge in [0.15, 0.2) is 18.6 Å². The molecule has 0 spiro atoms. The summed E-state index contributed by atoms with van der Waals surface area (Å²) in [6.07, 6.45) is 1.74. The molecule has 0 unspecified atom stereocenters. The van der Waals surface area contributed by atoms with Gasteiger partial charge in [-0.2, -0.15) is 0 Å². The molecule has 3 aromatic rings. The number of ether oxygens (including phenoxy) is 1. The van der Waals surface area contributed by atoms with Crippen LogP contribution in [-0.2, 0) is 16.8 Å². The molecule has 176 valence electrons. The number of benzene rings is 3. The first kappa shape index (κ1) is 26.8. The van der Waals surface area contributed by atoms with Crippen molar-refractivity contribution < 1.29 is 47.9 Å². The molecule has 0 bridgehead atoms. The van der Waals surface area contributed by atoms with Crippen LogP contribution >= 0.6 is 0 Å². The lowest BCUT2D eigenvalue weighted by Crippen LogP contribution is -3.61. The first-order chi connectivity index (χ1) is 15.6. The van der Waals surface area contributed by atoms with Crippen LogP contribution in [0, 0.1) is 20.0 Å². The van der Waals surface area contributed by atoms with E-state index >= 15 is 0 Å². The minimum absolute atomic E-state index is 0.000903. The summed E-state index contributed by atoms with van der Waals surface area (Å²) in [4.78, 5) is 10.4. The predicted octanol–water partition coefficient (Wildman–Crippen LogP) is 1.67. The standard InChI is InChI=1S/C17H20I.C8H8O6S/c1-13(2)12-15-6-10-17(11-7-15)18-16-8-4-14(3)5-9-16;1-13-8-4-6(5-9)2-3-7(8)14-15(10,11)12/h4-11,13H,12H2,1-3H3;2-5H,1H3,(H,10,11,12)/q+1;/p-1. The van der Waals surface area contributed by atoms with Gasteiger partial charge in [0.05, 0.1) is 7.11 Å². The van der Waals surface area contributed by atoms with Crippen molar-refractivity contribution >= 4 is 16.7 Å². The molecule has 0 aliphatic carbocycles. The van der Waals surface area contributed by atoms with E-state index in [4.69, 9.17) is 4.74 Å². The number of hydrogen-bond donors (Lipinski definition) is 0. The number of aldehydes is 1. The number of aryl methyl sites for hydroxylation is 1. The van der Waals surface area contributed by atoms with Crippen LogP contribution in [-0.4, -0.2) is 26.4 Å². The van der Waals surface area contributed by atoms with Crippen molar-refractivity contribution in [2.45, 2.75) is 27.2 Å². The summed E-state index contributed by atoms with van der Waals surface area (Å²) in [5, 5.41) is 0. The monoisotopic (exact) mass is 582 g/mol. The maximum Gasteiger partial charge on any atom is 0.357 e. The molecule has 0 radical (unpaired) electrons. The Bertz CT molecular complexity index is 1140. The quantitative estimate of drug-likeness (QED) is 0.174. The molecule has 0 fully saturated rings. The fourth-order valence-electron chi connectivity index (χ4n) is 2.81. The number of hydrogen-bond acceptors (Lipinski definition) is 6. The van der Waals surface area contributed by atoms with Gasteiger partial charge in [-0.25, -0.2) is 8.42 Å². The largest absolute Gasteiger partial charge is 0.716 e. The lowest BCUT2D eigenvalue weighted by atomic mass is 10.0. The highest BCUT2D eigenvalue weighted by Crippen LogP contribution is 2.28. The summed E-state index contributed by atoms with van der Waals surface area (Å²) in [6.45, 7) is 6.68. The maximum atomic E-state index is 10.4. The van der Waals surface area contributed by atoms with Crippen molar-refractivity contribution in [3.63, 3.8) is 0 Å². The van der Waals surface area contributed by atoms with Crippen molar-refractivity contribution in [1.82, 2.24) is 0 Å². The summed E-state index contributed by atoms with van der Waals surface area (Å²) < 4.78 is 42.8. The van der Waals surface area contributed by atoms with Gasteiger partial charge in [-0.3, -0.25) is 4.79 Å². The minimum Gasteiger partial charge on any atom is -0.716 e. The van der Waals surface area contributed by atoms with Crippen molar-refractivity contribution in [2.24, 2.45) is 5.92 Å².